The predicted molar refractivity (Wildman–Crippen MR) is 122 cm³/mol. The van der Waals surface area contributed by atoms with Crippen molar-refractivity contribution >= 4 is 39.8 Å². The molecule has 0 saturated carbocycles. The molecule has 152 valence electrons. The highest BCUT2D eigenvalue weighted by Gasteiger charge is 2.35. The highest BCUT2D eigenvalue weighted by Crippen LogP contribution is 2.37. The Balaban J connectivity index is 1.72. The zero-order valence-corrected chi connectivity index (χ0v) is 18.0. The Morgan fingerprint density at radius 3 is 2.60 bits per heavy atom. The van der Waals surface area contributed by atoms with Gasteiger partial charge in [-0.05, 0) is 61.0 Å². The number of amides is 2. The lowest BCUT2D eigenvalue weighted by atomic mass is 10.0. The van der Waals surface area contributed by atoms with Crippen LogP contribution in [-0.2, 0) is 11.3 Å². The molecule has 0 radical (unpaired) electrons. The summed E-state index contributed by atoms with van der Waals surface area (Å²) in [4.78, 5) is 27.4. The van der Waals surface area contributed by atoms with Gasteiger partial charge in [-0.2, -0.15) is 0 Å². The first kappa shape index (κ1) is 20.2. The molecule has 0 aromatic heterocycles. The van der Waals surface area contributed by atoms with E-state index >= 15 is 0 Å². The number of nitrogens with zero attached hydrogens (tertiary/aromatic N) is 1. The van der Waals surface area contributed by atoms with Crippen molar-refractivity contribution in [2.75, 3.05) is 0 Å². The van der Waals surface area contributed by atoms with E-state index in [2.05, 4.69) is 0 Å². The Labute approximate surface area is 180 Å². The van der Waals surface area contributed by atoms with Crippen LogP contribution in [0.15, 0.2) is 65.6 Å². The Hall–Kier alpha value is -3.05. The molecule has 1 saturated heterocycles. The van der Waals surface area contributed by atoms with Gasteiger partial charge in [0, 0.05) is 5.56 Å². The van der Waals surface area contributed by atoms with E-state index in [1.165, 1.54) is 4.90 Å². The van der Waals surface area contributed by atoms with Gasteiger partial charge in [-0.15, -0.1) is 0 Å². The van der Waals surface area contributed by atoms with Crippen molar-refractivity contribution in [1.29, 1.82) is 0 Å². The van der Waals surface area contributed by atoms with Gasteiger partial charge in [0.05, 0.1) is 17.6 Å². The Morgan fingerprint density at radius 1 is 1.03 bits per heavy atom. The maximum absolute atomic E-state index is 13.1. The Bertz CT molecular complexity index is 1170. The molecule has 1 fully saturated rings. The summed E-state index contributed by atoms with van der Waals surface area (Å²) in [5.74, 6) is 0.434. The number of rotatable bonds is 5. The fraction of sp³-hybridized carbons (Fsp3) is 0.200. The zero-order chi connectivity index (χ0) is 21.3. The summed E-state index contributed by atoms with van der Waals surface area (Å²) < 4.78 is 6.00. The van der Waals surface area contributed by atoms with Crippen molar-refractivity contribution in [2.45, 2.75) is 33.4 Å². The van der Waals surface area contributed by atoms with E-state index in [1.54, 1.807) is 6.08 Å². The molecule has 4 rings (SSSR count). The molecule has 0 aliphatic carbocycles. The van der Waals surface area contributed by atoms with E-state index in [0.717, 1.165) is 39.2 Å². The largest absolute Gasteiger partial charge is 0.490 e. The van der Waals surface area contributed by atoms with Crippen LogP contribution in [0.4, 0.5) is 4.79 Å². The average molecular weight is 418 g/mol. The molecule has 2 amide bonds. The number of imide groups is 1. The number of carbonyl (C=O) groups is 2. The number of hydrogen-bond acceptors (Lipinski definition) is 4. The second-order valence-corrected chi connectivity index (χ2v) is 8.62. The van der Waals surface area contributed by atoms with E-state index in [1.807, 2.05) is 81.4 Å². The second kappa shape index (κ2) is 8.36. The molecule has 30 heavy (non-hydrogen) atoms. The molecule has 0 atom stereocenters. The average Bonchev–Trinajstić information content (AvgIpc) is 2.97. The minimum absolute atomic E-state index is 0.00491. The summed E-state index contributed by atoms with van der Waals surface area (Å²) in [5.41, 5.74) is 2.86. The van der Waals surface area contributed by atoms with E-state index in [4.69, 9.17) is 4.74 Å². The van der Waals surface area contributed by atoms with Gasteiger partial charge in [-0.1, -0.05) is 60.2 Å². The first-order valence-corrected chi connectivity index (χ1v) is 10.7. The fourth-order valence-corrected chi connectivity index (χ4v) is 4.36. The van der Waals surface area contributed by atoms with E-state index in [-0.39, 0.29) is 23.8 Å². The number of benzene rings is 3. The maximum atomic E-state index is 13.1. The lowest BCUT2D eigenvalue weighted by Crippen LogP contribution is -2.27. The highest BCUT2D eigenvalue weighted by molar-refractivity contribution is 8.18. The first-order chi connectivity index (χ1) is 14.4. The summed E-state index contributed by atoms with van der Waals surface area (Å²) in [6, 6.07) is 19.7. The normalized spacial score (nSPS) is 15.6. The van der Waals surface area contributed by atoms with Crippen molar-refractivity contribution in [2.24, 2.45) is 0 Å². The minimum Gasteiger partial charge on any atom is -0.490 e. The van der Waals surface area contributed by atoms with Crippen LogP contribution in [-0.4, -0.2) is 22.2 Å². The van der Waals surface area contributed by atoms with Crippen LogP contribution in [0.2, 0.25) is 0 Å². The van der Waals surface area contributed by atoms with E-state index < -0.39 is 0 Å². The van der Waals surface area contributed by atoms with Crippen molar-refractivity contribution in [3.63, 3.8) is 0 Å². The molecule has 0 unspecified atom stereocenters. The van der Waals surface area contributed by atoms with Crippen LogP contribution in [0.3, 0.4) is 0 Å². The van der Waals surface area contributed by atoms with Crippen LogP contribution in [0, 0.1) is 6.92 Å². The van der Waals surface area contributed by atoms with Crippen LogP contribution >= 0.6 is 11.8 Å². The Morgan fingerprint density at radius 2 is 1.83 bits per heavy atom. The zero-order valence-electron chi connectivity index (χ0n) is 17.2. The molecule has 1 heterocycles. The van der Waals surface area contributed by atoms with Gasteiger partial charge in [0.1, 0.15) is 5.75 Å². The number of thioether (sulfide) groups is 1. The molecular formula is C25H23NO3S. The minimum atomic E-state index is -0.269. The van der Waals surface area contributed by atoms with Gasteiger partial charge in [-0.25, -0.2) is 0 Å². The molecule has 1 aliphatic rings. The lowest BCUT2D eigenvalue weighted by molar-refractivity contribution is -0.123. The second-order valence-electron chi connectivity index (χ2n) is 7.62. The SMILES string of the molecule is Cc1cccc(CN2C(=O)S/C(=C\c3c(OC(C)C)ccc4ccccc34)C2=O)c1. The van der Waals surface area contributed by atoms with Gasteiger partial charge in [0.25, 0.3) is 11.1 Å². The smallest absolute Gasteiger partial charge is 0.293 e. The number of hydrogen-bond donors (Lipinski definition) is 0. The van der Waals surface area contributed by atoms with Gasteiger partial charge >= 0.3 is 0 Å². The quantitative estimate of drug-likeness (QED) is 0.466. The monoisotopic (exact) mass is 417 g/mol. The van der Waals surface area contributed by atoms with Gasteiger partial charge < -0.3 is 4.74 Å². The summed E-state index contributed by atoms with van der Waals surface area (Å²) in [6.07, 6.45) is 1.79. The molecule has 3 aromatic carbocycles. The first-order valence-electron chi connectivity index (χ1n) is 9.91. The number of ether oxygens (including phenoxy) is 1. The van der Waals surface area contributed by atoms with Gasteiger partial charge in [0.15, 0.2) is 0 Å². The summed E-state index contributed by atoms with van der Waals surface area (Å²) in [7, 11) is 0. The van der Waals surface area contributed by atoms with E-state index in [9.17, 15) is 9.59 Å². The standard InChI is InChI=1S/C25H23NO3S/c1-16(2)29-22-12-11-19-9-4-5-10-20(19)21(22)14-23-24(27)26(25(28)30-23)15-18-8-6-7-17(3)13-18/h4-14,16H,15H2,1-3H3/b23-14-. The van der Waals surface area contributed by atoms with E-state index in [0.29, 0.717) is 10.7 Å². The molecule has 1 aliphatic heterocycles. The lowest BCUT2D eigenvalue weighted by Gasteiger charge is -2.15. The van der Waals surface area contributed by atoms with Crippen molar-refractivity contribution < 1.29 is 14.3 Å². The summed E-state index contributed by atoms with van der Waals surface area (Å²) in [5, 5.41) is 1.79. The van der Waals surface area contributed by atoms with Crippen LogP contribution in [0.1, 0.15) is 30.5 Å². The maximum Gasteiger partial charge on any atom is 0.293 e. The summed E-state index contributed by atoms with van der Waals surface area (Å²) >= 11 is 0.979. The van der Waals surface area contributed by atoms with Crippen LogP contribution in [0.5, 0.6) is 5.75 Å². The fourth-order valence-electron chi connectivity index (χ4n) is 3.54. The molecule has 4 nitrogen and oxygen atoms in total. The summed E-state index contributed by atoms with van der Waals surface area (Å²) in [6.45, 7) is 6.20. The molecule has 0 spiro atoms. The van der Waals surface area contributed by atoms with Crippen molar-refractivity contribution in [3.8, 4) is 5.75 Å². The van der Waals surface area contributed by atoms with Crippen LogP contribution < -0.4 is 4.74 Å². The van der Waals surface area contributed by atoms with Crippen LogP contribution in [0.25, 0.3) is 16.8 Å². The van der Waals surface area contributed by atoms with Gasteiger partial charge in [-0.3, -0.25) is 14.5 Å². The van der Waals surface area contributed by atoms with Gasteiger partial charge in [0.2, 0.25) is 0 Å². The van der Waals surface area contributed by atoms with Crippen molar-refractivity contribution in [1.82, 2.24) is 4.90 Å². The third kappa shape index (κ3) is 4.12. The third-order valence-corrected chi connectivity index (χ3v) is 5.77. The van der Waals surface area contributed by atoms with Crippen molar-refractivity contribution in [3.05, 3.63) is 82.3 Å². The predicted octanol–water partition coefficient (Wildman–Crippen LogP) is 6.17. The molecule has 5 heteroatoms. The third-order valence-electron chi connectivity index (χ3n) is 4.87. The molecule has 3 aromatic rings. The molecular weight excluding hydrogens is 394 g/mol. The number of aryl methyl sites for hydroxylation is 1. The highest BCUT2D eigenvalue weighted by atomic mass is 32.2. The molecule has 0 N–H and O–H groups in total. The number of fused-ring (bicyclic) bond motifs is 1. The topological polar surface area (TPSA) is 46.6 Å². The Kier molecular flexibility index (Phi) is 5.64. The number of carbonyl (C=O) groups excluding carboxylic acids is 2. The molecule has 0 bridgehead atoms.